The maximum atomic E-state index is 14.3. The molecule has 0 aliphatic heterocycles. The topological polar surface area (TPSA) is 75.1 Å². The highest BCUT2D eigenvalue weighted by atomic mass is 19.4. The van der Waals surface area contributed by atoms with Crippen LogP contribution in [0.1, 0.15) is 47.9 Å². The Morgan fingerprint density at radius 2 is 1.45 bits per heavy atom. The largest absolute Gasteiger partial charge is 0.416 e. The Bertz CT molecular complexity index is 1210. The summed E-state index contributed by atoms with van der Waals surface area (Å²) in [5.41, 5.74) is -2.48. The molecule has 2 aliphatic carbocycles. The van der Waals surface area contributed by atoms with E-state index < -0.39 is 29.4 Å². The zero-order valence-corrected chi connectivity index (χ0v) is 20.1. The lowest BCUT2D eigenvalue weighted by molar-refractivity contribution is -0.443. The fourth-order valence-corrected chi connectivity index (χ4v) is 4.38. The summed E-state index contributed by atoms with van der Waals surface area (Å²) in [6.45, 7) is 1.03. The van der Waals surface area contributed by atoms with Crippen LogP contribution in [-0.4, -0.2) is 33.6 Å². The molecule has 2 saturated carbocycles. The van der Waals surface area contributed by atoms with Gasteiger partial charge in [-0.2, -0.15) is 35.8 Å². The van der Waals surface area contributed by atoms with Crippen molar-refractivity contribution >= 4 is 11.8 Å². The number of hydrogen-bond donors (Lipinski definition) is 1. The summed E-state index contributed by atoms with van der Waals surface area (Å²) in [6.07, 6.45) is -5.65. The minimum Gasteiger partial charge on any atom is -0.356 e. The first-order chi connectivity index (χ1) is 18.0. The van der Waals surface area contributed by atoms with E-state index in [1.165, 1.54) is 17.0 Å². The number of nitrogens with one attached hydrogen (secondary N) is 2. The predicted molar refractivity (Wildman–Crippen MR) is 121 cm³/mol. The van der Waals surface area contributed by atoms with Gasteiger partial charge in [-0.3, -0.25) is 4.90 Å². The highest BCUT2D eigenvalue weighted by Gasteiger charge is 2.38. The molecule has 0 unspecified atom stereocenters. The van der Waals surface area contributed by atoms with E-state index in [0.29, 0.717) is 48.4 Å². The van der Waals surface area contributed by atoms with Crippen molar-refractivity contribution in [1.82, 2.24) is 20.5 Å². The second-order valence-corrected chi connectivity index (χ2v) is 9.94. The summed E-state index contributed by atoms with van der Waals surface area (Å²) in [5, 5.41) is 12.5. The van der Waals surface area contributed by atoms with E-state index in [-0.39, 0.29) is 30.7 Å². The van der Waals surface area contributed by atoms with Crippen LogP contribution in [0.5, 0.6) is 0 Å². The molecule has 2 N–H and O–H groups in total. The molecule has 3 aromatic rings. The van der Waals surface area contributed by atoms with Gasteiger partial charge in [0.1, 0.15) is 11.0 Å². The normalized spacial score (nSPS) is 16.1. The van der Waals surface area contributed by atoms with Crippen molar-refractivity contribution in [3.8, 4) is 0 Å². The summed E-state index contributed by atoms with van der Waals surface area (Å²) in [4.78, 5) is 7.63. The van der Waals surface area contributed by atoms with Crippen molar-refractivity contribution in [3.63, 3.8) is 0 Å². The van der Waals surface area contributed by atoms with E-state index in [2.05, 4.69) is 25.6 Å². The Labute approximate surface area is 213 Å². The van der Waals surface area contributed by atoms with Crippen LogP contribution in [0.15, 0.2) is 30.3 Å². The fourth-order valence-electron chi connectivity index (χ4n) is 4.38. The van der Waals surface area contributed by atoms with Crippen LogP contribution >= 0.6 is 0 Å². The van der Waals surface area contributed by atoms with Gasteiger partial charge in [-0.15, -0.1) is 5.21 Å². The third-order valence-corrected chi connectivity index (χ3v) is 6.62. The zero-order valence-electron chi connectivity index (χ0n) is 20.1. The summed E-state index contributed by atoms with van der Waals surface area (Å²) >= 11 is 0. The molecule has 38 heavy (non-hydrogen) atoms. The van der Waals surface area contributed by atoms with Crippen LogP contribution in [-0.2, 0) is 25.4 Å². The quantitative estimate of drug-likeness (QED) is 0.287. The number of aromatic amines is 2. The molecule has 0 atom stereocenters. The van der Waals surface area contributed by atoms with Crippen molar-refractivity contribution in [3.05, 3.63) is 58.5 Å². The first kappa shape index (κ1) is 26.2. The zero-order chi connectivity index (χ0) is 27.1. The number of nitrogens with zero attached hydrogens (tertiary/aromatic N) is 5. The molecule has 0 amide bonds. The van der Waals surface area contributed by atoms with Crippen LogP contribution in [0.3, 0.4) is 0 Å². The molecule has 0 radical (unpaired) electrons. The van der Waals surface area contributed by atoms with E-state index in [0.717, 1.165) is 25.7 Å². The van der Waals surface area contributed by atoms with Gasteiger partial charge in [0.25, 0.3) is 0 Å². The molecule has 2 heterocycles. The van der Waals surface area contributed by atoms with Crippen molar-refractivity contribution in [2.45, 2.75) is 51.1 Å². The third-order valence-electron chi connectivity index (χ3n) is 6.62. The third kappa shape index (κ3) is 6.51. The van der Waals surface area contributed by atoms with E-state index in [4.69, 9.17) is 0 Å². The fraction of sp³-hybridized carbons (Fsp3) is 0.500. The number of alkyl halides is 6. The number of hydrogen-bond acceptors (Lipinski definition) is 5. The molecular weight excluding hydrogens is 519 g/mol. The van der Waals surface area contributed by atoms with E-state index in [1.54, 1.807) is 0 Å². The van der Waals surface area contributed by atoms with Gasteiger partial charge >= 0.3 is 18.3 Å². The average Bonchev–Trinajstić information content (AvgIpc) is 3.78. The second-order valence-electron chi connectivity index (χ2n) is 9.94. The standard InChI is InChI=1S/C24H24F7N7/c25-20-6-5-17(21(32-20)37(10-14-1-2-14)11-15-3-4-15)13-38(22-33-35-36-34-22)12-16-7-18(23(26,27)28)9-19(8-16)24(29,30)31/h5-9,14-15H,1-4,10-13H2,(H,33,34,35,36)/p+1. The van der Waals surface area contributed by atoms with Crippen molar-refractivity contribution < 1.29 is 35.8 Å². The molecule has 7 nitrogen and oxygen atoms in total. The molecule has 14 heteroatoms. The van der Waals surface area contributed by atoms with E-state index in [9.17, 15) is 30.7 Å². The number of H-pyrrole nitrogens is 2. The van der Waals surface area contributed by atoms with Gasteiger partial charge in [0.2, 0.25) is 5.95 Å². The molecule has 0 spiro atoms. The Morgan fingerprint density at radius 3 is 1.95 bits per heavy atom. The predicted octanol–water partition coefficient (Wildman–Crippen LogP) is 5.02. The summed E-state index contributed by atoms with van der Waals surface area (Å²) in [7, 11) is 0. The average molecular weight is 544 g/mol. The monoisotopic (exact) mass is 544 g/mol. The van der Waals surface area contributed by atoms with Gasteiger partial charge in [-0.1, -0.05) is 0 Å². The number of aromatic nitrogens is 5. The van der Waals surface area contributed by atoms with Crippen molar-refractivity contribution in [2.75, 3.05) is 22.9 Å². The van der Waals surface area contributed by atoms with Crippen LogP contribution < -0.4 is 14.9 Å². The maximum Gasteiger partial charge on any atom is 0.416 e. The first-order valence-corrected chi connectivity index (χ1v) is 12.2. The number of anilines is 2. The highest BCUT2D eigenvalue weighted by molar-refractivity contribution is 5.49. The minimum atomic E-state index is -4.97. The minimum absolute atomic E-state index is 0.0188. The van der Waals surface area contributed by atoms with Gasteiger partial charge in [-0.05, 0) is 73.4 Å². The number of pyridine rings is 1. The van der Waals surface area contributed by atoms with E-state index in [1.807, 2.05) is 4.90 Å². The Hall–Kier alpha value is -3.45. The summed E-state index contributed by atoms with van der Waals surface area (Å²) in [6, 6.07) is 4.16. The maximum absolute atomic E-state index is 14.3. The van der Waals surface area contributed by atoms with Gasteiger partial charge in [0, 0.05) is 18.7 Å². The Kier molecular flexibility index (Phi) is 6.90. The Morgan fingerprint density at radius 1 is 0.842 bits per heavy atom. The molecule has 1 aromatic carbocycles. The molecule has 204 valence electrons. The lowest BCUT2D eigenvalue weighted by Crippen LogP contribution is -2.33. The molecule has 2 aliphatic rings. The Balaban J connectivity index is 1.49. The first-order valence-electron chi connectivity index (χ1n) is 12.2. The second kappa shape index (κ2) is 10.0. The van der Waals surface area contributed by atoms with Gasteiger partial charge in [0.05, 0.1) is 29.3 Å². The highest BCUT2D eigenvalue weighted by Crippen LogP contribution is 2.38. The van der Waals surface area contributed by atoms with Gasteiger partial charge in [-0.25, -0.2) is 4.98 Å². The van der Waals surface area contributed by atoms with Crippen LogP contribution in [0.2, 0.25) is 0 Å². The molecule has 0 saturated heterocycles. The molecule has 5 rings (SSSR count). The number of tetrazole rings is 1. The van der Waals surface area contributed by atoms with Crippen LogP contribution in [0.4, 0.5) is 42.5 Å². The molecular formula is C24H25F7N7+. The van der Waals surface area contributed by atoms with E-state index >= 15 is 0 Å². The number of halogens is 7. The number of rotatable bonds is 10. The molecule has 2 fully saturated rings. The van der Waals surface area contributed by atoms with Crippen LogP contribution in [0, 0.1) is 17.8 Å². The lowest BCUT2D eigenvalue weighted by Gasteiger charge is -2.27. The van der Waals surface area contributed by atoms with Crippen molar-refractivity contribution in [1.29, 1.82) is 0 Å². The van der Waals surface area contributed by atoms with Gasteiger partial charge < -0.3 is 4.90 Å². The summed E-state index contributed by atoms with van der Waals surface area (Å²) < 4.78 is 94.9. The lowest BCUT2D eigenvalue weighted by atomic mass is 10.0. The molecule has 0 bridgehead atoms. The number of benzene rings is 1. The smallest absolute Gasteiger partial charge is 0.356 e. The van der Waals surface area contributed by atoms with Crippen molar-refractivity contribution in [2.24, 2.45) is 11.8 Å². The summed E-state index contributed by atoms with van der Waals surface area (Å²) in [5.74, 6) is 0.794. The molecule has 2 aromatic heterocycles. The SMILES string of the molecule is Fc1ccc(CN(Cc2cc(C(F)(F)F)cc(C(F)(F)F)c2)c2nn[nH][nH+]2)c(N(CC2CC2)CC2CC2)n1. The van der Waals surface area contributed by atoms with Crippen LogP contribution in [0.25, 0.3) is 0 Å². The van der Waals surface area contributed by atoms with Gasteiger partial charge in [0.15, 0.2) is 0 Å².